The van der Waals surface area contributed by atoms with Gasteiger partial charge < -0.3 is 15.3 Å². The monoisotopic (exact) mass is 490 g/mol. The Morgan fingerprint density at radius 2 is 2.17 bits per heavy atom. The topological polar surface area (TPSA) is 85.8 Å². The lowest BCUT2D eigenvalue weighted by molar-refractivity contribution is -0.131. The smallest absolute Gasteiger partial charge is 0.228 e. The van der Waals surface area contributed by atoms with Gasteiger partial charge in [0, 0.05) is 49.0 Å². The van der Waals surface area contributed by atoms with Crippen molar-refractivity contribution in [3.8, 4) is 10.6 Å². The SMILES string of the molecule is Cc1csc(-c2cccc([C@@H](CN3CCC(O)C3)N(C)C(=O)Cc3ccc4c(c3)NC(=O)C4)c2)n1. The van der Waals surface area contributed by atoms with E-state index in [0.29, 0.717) is 19.5 Å². The Hall–Kier alpha value is -3.07. The van der Waals surface area contributed by atoms with Crippen molar-refractivity contribution in [1.82, 2.24) is 14.8 Å². The Morgan fingerprint density at radius 3 is 2.91 bits per heavy atom. The fourth-order valence-electron chi connectivity index (χ4n) is 4.88. The highest BCUT2D eigenvalue weighted by atomic mass is 32.1. The molecule has 3 aromatic rings. The minimum Gasteiger partial charge on any atom is -0.392 e. The van der Waals surface area contributed by atoms with Crippen LogP contribution in [-0.2, 0) is 22.4 Å². The first-order chi connectivity index (χ1) is 16.9. The summed E-state index contributed by atoms with van der Waals surface area (Å²) in [5.41, 5.74) is 5.74. The van der Waals surface area contributed by atoms with Gasteiger partial charge >= 0.3 is 0 Å². The molecule has 182 valence electrons. The van der Waals surface area contributed by atoms with E-state index < -0.39 is 0 Å². The minimum absolute atomic E-state index is 0.00881. The first kappa shape index (κ1) is 23.7. The zero-order valence-corrected chi connectivity index (χ0v) is 20.8. The molecule has 0 spiro atoms. The maximum atomic E-state index is 13.4. The average molecular weight is 491 g/mol. The van der Waals surface area contributed by atoms with E-state index in [1.807, 2.05) is 48.5 Å². The van der Waals surface area contributed by atoms with Crippen molar-refractivity contribution >= 4 is 28.8 Å². The second-order valence-electron chi connectivity index (χ2n) is 9.54. The molecule has 2 aliphatic rings. The fraction of sp³-hybridized carbons (Fsp3) is 0.370. The molecule has 2 aliphatic heterocycles. The molecule has 2 atom stereocenters. The predicted molar refractivity (Wildman–Crippen MR) is 137 cm³/mol. The standard InChI is InChI=1S/C27H30N4O3S/c1-17-16-35-27(28-17)21-5-3-4-20(12-21)24(15-31-9-8-22(32)14-31)30(2)26(34)11-18-6-7-19-13-25(33)29-23(19)10-18/h3-7,10,12,16,22,24,32H,8-9,11,13-15H2,1-2H3,(H,29,33)/t22?,24-/m1/s1. The molecule has 2 amide bonds. The van der Waals surface area contributed by atoms with Crippen LogP contribution in [0.4, 0.5) is 5.69 Å². The maximum Gasteiger partial charge on any atom is 0.228 e. The number of amides is 2. The Morgan fingerprint density at radius 1 is 1.31 bits per heavy atom. The summed E-state index contributed by atoms with van der Waals surface area (Å²) in [6.45, 7) is 4.08. The van der Waals surface area contributed by atoms with E-state index in [2.05, 4.69) is 33.4 Å². The molecule has 35 heavy (non-hydrogen) atoms. The Labute approximate surface area is 209 Å². The molecule has 2 aromatic carbocycles. The highest BCUT2D eigenvalue weighted by Gasteiger charge is 2.29. The van der Waals surface area contributed by atoms with Crippen molar-refractivity contribution in [2.45, 2.75) is 38.3 Å². The quantitative estimate of drug-likeness (QED) is 0.530. The summed E-state index contributed by atoms with van der Waals surface area (Å²) in [5, 5.41) is 15.9. The molecule has 1 unspecified atom stereocenters. The van der Waals surface area contributed by atoms with Crippen LogP contribution in [0.3, 0.4) is 0 Å². The number of carbonyl (C=O) groups excluding carboxylic acids is 2. The molecule has 0 radical (unpaired) electrons. The summed E-state index contributed by atoms with van der Waals surface area (Å²) in [5.74, 6) is -0.00159. The van der Waals surface area contributed by atoms with E-state index in [1.165, 1.54) is 0 Å². The number of nitrogens with zero attached hydrogens (tertiary/aromatic N) is 3. The summed E-state index contributed by atoms with van der Waals surface area (Å²) < 4.78 is 0. The van der Waals surface area contributed by atoms with Gasteiger partial charge in [-0.25, -0.2) is 4.98 Å². The lowest BCUT2D eigenvalue weighted by atomic mass is 10.0. The van der Waals surface area contributed by atoms with Crippen LogP contribution in [0.15, 0.2) is 47.8 Å². The largest absolute Gasteiger partial charge is 0.392 e. The first-order valence-electron chi connectivity index (χ1n) is 12.0. The summed E-state index contributed by atoms with van der Waals surface area (Å²) in [7, 11) is 1.86. The molecule has 0 aliphatic carbocycles. The van der Waals surface area contributed by atoms with Gasteiger partial charge in [0.25, 0.3) is 0 Å². The van der Waals surface area contributed by atoms with Gasteiger partial charge in [0.05, 0.1) is 25.0 Å². The second-order valence-corrected chi connectivity index (χ2v) is 10.4. The van der Waals surface area contributed by atoms with Gasteiger partial charge in [-0.3, -0.25) is 14.5 Å². The molecular weight excluding hydrogens is 460 g/mol. The number of likely N-dealkylation sites (N-methyl/N-ethyl adjacent to an activating group) is 1. The van der Waals surface area contributed by atoms with Crippen molar-refractivity contribution in [1.29, 1.82) is 0 Å². The predicted octanol–water partition coefficient (Wildman–Crippen LogP) is 3.42. The van der Waals surface area contributed by atoms with Crippen LogP contribution in [0.5, 0.6) is 0 Å². The average Bonchev–Trinajstić information content (AvgIpc) is 3.56. The van der Waals surface area contributed by atoms with Gasteiger partial charge in [-0.1, -0.05) is 30.3 Å². The summed E-state index contributed by atoms with van der Waals surface area (Å²) in [6.07, 6.45) is 1.08. The summed E-state index contributed by atoms with van der Waals surface area (Å²) >= 11 is 1.62. The van der Waals surface area contributed by atoms with Crippen LogP contribution in [0.1, 0.15) is 34.8 Å². The van der Waals surface area contributed by atoms with Crippen molar-refractivity contribution in [2.75, 3.05) is 32.0 Å². The van der Waals surface area contributed by atoms with E-state index in [4.69, 9.17) is 0 Å². The molecule has 0 bridgehead atoms. The number of aromatic nitrogens is 1. The Balaban J connectivity index is 1.39. The van der Waals surface area contributed by atoms with Crippen LogP contribution in [0.2, 0.25) is 0 Å². The summed E-state index contributed by atoms with van der Waals surface area (Å²) in [6, 6.07) is 13.9. The number of hydrogen-bond acceptors (Lipinski definition) is 6. The third kappa shape index (κ3) is 5.29. The molecular formula is C27H30N4O3S. The number of likely N-dealkylation sites (tertiary alicyclic amines) is 1. The number of fused-ring (bicyclic) bond motifs is 1. The number of aliphatic hydroxyl groups is 1. The molecule has 5 rings (SSSR count). The Bertz CT molecular complexity index is 1260. The third-order valence-electron chi connectivity index (χ3n) is 6.83. The summed E-state index contributed by atoms with van der Waals surface area (Å²) in [4.78, 5) is 33.8. The van der Waals surface area contributed by atoms with Gasteiger partial charge in [-0.15, -0.1) is 11.3 Å². The highest BCUT2D eigenvalue weighted by molar-refractivity contribution is 7.13. The molecule has 2 N–H and O–H groups in total. The maximum absolute atomic E-state index is 13.4. The molecule has 7 nitrogen and oxygen atoms in total. The third-order valence-corrected chi connectivity index (χ3v) is 7.84. The number of anilines is 1. The number of thiazole rings is 1. The van der Waals surface area contributed by atoms with Gasteiger partial charge in [-0.05, 0) is 42.2 Å². The number of benzene rings is 2. The lowest BCUT2D eigenvalue weighted by Gasteiger charge is -2.32. The zero-order chi connectivity index (χ0) is 24.5. The van der Waals surface area contributed by atoms with Crippen molar-refractivity contribution in [3.05, 3.63) is 70.2 Å². The molecule has 1 aromatic heterocycles. The number of hydrogen-bond donors (Lipinski definition) is 2. The van der Waals surface area contributed by atoms with Crippen molar-refractivity contribution in [3.63, 3.8) is 0 Å². The van der Waals surface area contributed by atoms with Gasteiger partial charge in [0.1, 0.15) is 5.01 Å². The van der Waals surface area contributed by atoms with E-state index >= 15 is 0 Å². The molecule has 8 heteroatoms. The number of rotatable bonds is 7. The number of aliphatic hydroxyl groups excluding tert-OH is 1. The highest BCUT2D eigenvalue weighted by Crippen LogP contribution is 2.30. The van der Waals surface area contributed by atoms with Crippen LogP contribution in [0.25, 0.3) is 10.6 Å². The number of aryl methyl sites for hydroxylation is 1. The van der Waals surface area contributed by atoms with E-state index in [0.717, 1.165) is 51.6 Å². The normalized spacial score (nSPS) is 18.4. The van der Waals surface area contributed by atoms with Gasteiger partial charge in [0.2, 0.25) is 11.8 Å². The van der Waals surface area contributed by atoms with Crippen molar-refractivity contribution in [2.24, 2.45) is 0 Å². The van der Waals surface area contributed by atoms with E-state index in [9.17, 15) is 14.7 Å². The Kier molecular flexibility index (Phi) is 6.69. The lowest BCUT2D eigenvalue weighted by Crippen LogP contribution is -2.39. The minimum atomic E-state index is -0.317. The number of nitrogens with one attached hydrogen (secondary N) is 1. The zero-order valence-electron chi connectivity index (χ0n) is 20.0. The van der Waals surface area contributed by atoms with Crippen LogP contribution >= 0.6 is 11.3 Å². The van der Waals surface area contributed by atoms with Crippen LogP contribution < -0.4 is 5.32 Å². The molecule has 1 saturated heterocycles. The van der Waals surface area contributed by atoms with E-state index in [1.54, 1.807) is 11.3 Å². The van der Waals surface area contributed by atoms with Gasteiger partial charge in [-0.2, -0.15) is 0 Å². The van der Waals surface area contributed by atoms with Crippen LogP contribution in [-0.4, -0.2) is 64.5 Å². The fourth-order valence-corrected chi connectivity index (χ4v) is 5.68. The first-order valence-corrected chi connectivity index (χ1v) is 12.8. The molecule has 1 fully saturated rings. The molecule has 3 heterocycles. The van der Waals surface area contributed by atoms with Gasteiger partial charge in [0.15, 0.2) is 0 Å². The van der Waals surface area contributed by atoms with E-state index in [-0.39, 0.29) is 30.4 Å². The van der Waals surface area contributed by atoms with Crippen molar-refractivity contribution < 1.29 is 14.7 Å². The second kappa shape index (κ2) is 9.89. The molecule has 0 saturated carbocycles. The van der Waals surface area contributed by atoms with Crippen LogP contribution in [0, 0.1) is 6.92 Å². The number of carbonyl (C=O) groups is 2. The number of β-amino-alcohol motifs (C(OH)–C–C–N with tert-alkyl or cyclic N) is 1.